The van der Waals surface area contributed by atoms with Crippen LogP contribution in [0.1, 0.15) is 37.8 Å². The monoisotopic (exact) mass is 542 g/mol. The second-order valence-corrected chi connectivity index (χ2v) is 10.3. The summed E-state index contributed by atoms with van der Waals surface area (Å²) in [6.45, 7) is 9.21. The van der Waals surface area contributed by atoms with E-state index in [0.29, 0.717) is 32.7 Å². The van der Waals surface area contributed by atoms with Crippen molar-refractivity contribution in [3.05, 3.63) is 78.4 Å². The first-order valence-corrected chi connectivity index (χ1v) is 13.5. The van der Waals surface area contributed by atoms with Gasteiger partial charge in [-0.25, -0.2) is 0 Å². The molecule has 2 aromatic rings. The summed E-state index contributed by atoms with van der Waals surface area (Å²) < 4.78 is 48.4. The van der Waals surface area contributed by atoms with E-state index in [1.165, 1.54) is 0 Å². The Morgan fingerprint density at radius 3 is 2.36 bits per heavy atom. The van der Waals surface area contributed by atoms with Crippen LogP contribution >= 0.6 is 0 Å². The number of methoxy groups -OCH3 is 2. The molecule has 0 unspecified atom stereocenters. The molecule has 2 aromatic carbocycles. The molecule has 214 valence electrons. The van der Waals surface area contributed by atoms with Crippen molar-refractivity contribution in [1.29, 1.82) is 0 Å². The lowest BCUT2D eigenvalue weighted by Crippen LogP contribution is -2.47. The van der Waals surface area contributed by atoms with Crippen LogP contribution in [0, 0.1) is 0 Å². The third-order valence-corrected chi connectivity index (χ3v) is 7.01. The van der Waals surface area contributed by atoms with E-state index in [4.69, 9.17) is 37.9 Å². The molecule has 8 heteroatoms. The van der Waals surface area contributed by atoms with Gasteiger partial charge in [0.05, 0.1) is 45.2 Å². The Morgan fingerprint density at radius 2 is 1.72 bits per heavy atom. The van der Waals surface area contributed by atoms with E-state index in [1.807, 2.05) is 62.4 Å². The number of hydrogen-bond donors (Lipinski definition) is 0. The molecule has 39 heavy (non-hydrogen) atoms. The van der Waals surface area contributed by atoms with E-state index in [-0.39, 0.29) is 31.2 Å². The summed E-state index contributed by atoms with van der Waals surface area (Å²) in [5, 5.41) is 0. The van der Waals surface area contributed by atoms with E-state index in [0.717, 1.165) is 16.9 Å². The molecule has 2 aliphatic heterocycles. The minimum absolute atomic E-state index is 0.0935. The molecule has 2 fully saturated rings. The first-order valence-electron chi connectivity index (χ1n) is 13.5. The van der Waals surface area contributed by atoms with Crippen molar-refractivity contribution >= 4 is 0 Å². The molecule has 0 aliphatic carbocycles. The van der Waals surface area contributed by atoms with Crippen LogP contribution < -0.4 is 4.74 Å². The van der Waals surface area contributed by atoms with Gasteiger partial charge in [0.15, 0.2) is 5.79 Å². The lowest BCUT2D eigenvalue weighted by atomic mass is 9.98. The summed E-state index contributed by atoms with van der Waals surface area (Å²) in [4.78, 5) is 0. The summed E-state index contributed by atoms with van der Waals surface area (Å²) in [6, 6.07) is 17.9. The molecular formula is C31H42O8. The van der Waals surface area contributed by atoms with Gasteiger partial charge in [0.1, 0.15) is 30.9 Å². The molecule has 4 rings (SSSR count). The fourth-order valence-electron chi connectivity index (χ4n) is 5.02. The standard InChI is InChI=1S/C31H42O8/c1-6-10-25(34-19-23-13-15-24(33-5)16-14-23)29(36-21-32-4)30-27(35-18-22-11-8-7-9-12-22)17-26(38-30)28-20-37-31(2,3)39-28/h6-9,11-16,25-30H,1,10,17-21H2,2-5H3/t25-,26-,27+,28+,29-,30-/m1/s1. The molecule has 0 bridgehead atoms. The summed E-state index contributed by atoms with van der Waals surface area (Å²) in [7, 11) is 3.25. The third kappa shape index (κ3) is 8.35. The zero-order valence-corrected chi connectivity index (χ0v) is 23.5. The number of benzene rings is 2. The van der Waals surface area contributed by atoms with Crippen LogP contribution in [-0.2, 0) is 46.4 Å². The lowest BCUT2D eigenvalue weighted by molar-refractivity contribution is -0.200. The molecule has 2 aliphatic rings. The molecular weight excluding hydrogens is 500 g/mol. The van der Waals surface area contributed by atoms with Gasteiger partial charge in [0.25, 0.3) is 0 Å². The molecule has 6 atom stereocenters. The fraction of sp³-hybridized carbons (Fsp3) is 0.548. The average Bonchev–Trinajstić information content (AvgIpc) is 3.54. The zero-order valence-electron chi connectivity index (χ0n) is 23.5. The van der Waals surface area contributed by atoms with Gasteiger partial charge in [-0.15, -0.1) is 6.58 Å². The van der Waals surface area contributed by atoms with Crippen LogP contribution in [0.5, 0.6) is 5.75 Å². The van der Waals surface area contributed by atoms with Crippen molar-refractivity contribution in [2.75, 3.05) is 27.6 Å². The SMILES string of the molecule is C=CC[C@@H](OCc1ccc(OC)cc1)[C@@H](OCOC)[C@@H]1O[C@@H]([C@@H]2COC(C)(C)O2)C[C@@H]1OCc1ccccc1. The van der Waals surface area contributed by atoms with Gasteiger partial charge in [-0.3, -0.25) is 0 Å². The molecule has 0 radical (unpaired) electrons. The Kier molecular flexibility index (Phi) is 10.9. The van der Waals surface area contributed by atoms with Crippen molar-refractivity contribution in [1.82, 2.24) is 0 Å². The molecule has 2 heterocycles. The van der Waals surface area contributed by atoms with Gasteiger partial charge in [-0.05, 0) is 43.5 Å². The van der Waals surface area contributed by atoms with Crippen LogP contribution in [0.4, 0.5) is 0 Å². The van der Waals surface area contributed by atoms with Gasteiger partial charge in [-0.2, -0.15) is 0 Å². The highest BCUT2D eigenvalue weighted by molar-refractivity contribution is 5.26. The first kappa shape index (κ1) is 29.7. The maximum Gasteiger partial charge on any atom is 0.163 e. The predicted octanol–water partition coefficient (Wildman–Crippen LogP) is 5.04. The smallest absolute Gasteiger partial charge is 0.163 e. The largest absolute Gasteiger partial charge is 0.497 e. The molecule has 8 nitrogen and oxygen atoms in total. The Labute approximate surface area is 232 Å². The van der Waals surface area contributed by atoms with Crippen molar-refractivity contribution < 1.29 is 37.9 Å². The van der Waals surface area contributed by atoms with Gasteiger partial charge in [0.2, 0.25) is 0 Å². The quantitative estimate of drug-likeness (QED) is 0.229. The maximum atomic E-state index is 6.67. The molecule has 0 saturated carbocycles. The Balaban J connectivity index is 1.53. The van der Waals surface area contributed by atoms with Crippen molar-refractivity contribution in [2.45, 2.75) is 82.3 Å². The lowest BCUT2D eigenvalue weighted by Gasteiger charge is -2.33. The molecule has 0 aromatic heterocycles. The summed E-state index contributed by atoms with van der Waals surface area (Å²) in [5.74, 6) is 0.151. The normalized spacial score (nSPS) is 25.8. The minimum Gasteiger partial charge on any atom is -0.497 e. The topological polar surface area (TPSA) is 73.8 Å². The molecule has 0 spiro atoms. The Bertz CT molecular complexity index is 995. The summed E-state index contributed by atoms with van der Waals surface area (Å²) in [5.41, 5.74) is 2.12. The van der Waals surface area contributed by atoms with E-state index in [9.17, 15) is 0 Å². The highest BCUT2D eigenvalue weighted by atomic mass is 16.8. The minimum atomic E-state index is -0.648. The fourth-order valence-corrected chi connectivity index (χ4v) is 5.02. The molecule has 2 saturated heterocycles. The van der Waals surface area contributed by atoms with Crippen LogP contribution in [0.15, 0.2) is 67.3 Å². The van der Waals surface area contributed by atoms with Gasteiger partial charge in [-0.1, -0.05) is 48.5 Å². The van der Waals surface area contributed by atoms with E-state index >= 15 is 0 Å². The highest BCUT2D eigenvalue weighted by Gasteiger charge is 2.49. The number of hydrogen-bond acceptors (Lipinski definition) is 8. The van der Waals surface area contributed by atoms with Gasteiger partial charge >= 0.3 is 0 Å². The Hall–Kier alpha value is -2.30. The second kappa shape index (κ2) is 14.4. The predicted molar refractivity (Wildman–Crippen MR) is 146 cm³/mol. The van der Waals surface area contributed by atoms with Crippen LogP contribution in [0.2, 0.25) is 0 Å². The van der Waals surface area contributed by atoms with Gasteiger partial charge < -0.3 is 37.9 Å². The van der Waals surface area contributed by atoms with Gasteiger partial charge in [0, 0.05) is 13.5 Å². The number of ether oxygens (including phenoxy) is 8. The van der Waals surface area contributed by atoms with E-state index < -0.39 is 18.0 Å². The van der Waals surface area contributed by atoms with E-state index in [1.54, 1.807) is 14.2 Å². The summed E-state index contributed by atoms with van der Waals surface area (Å²) >= 11 is 0. The molecule has 0 N–H and O–H groups in total. The van der Waals surface area contributed by atoms with Crippen LogP contribution in [-0.4, -0.2) is 70.0 Å². The van der Waals surface area contributed by atoms with Crippen molar-refractivity contribution in [3.8, 4) is 5.75 Å². The van der Waals surface area contributed by atoms with Crippen molar-refractivity contribution in [2.24, 2.45) is 0 Å². The third-order valence-electron chi connectivity index (χ3n) is 7.01. The van der Waals surface area contributed by atoms with Crippen LogP contribution in [0.3, 0.4) is 0 Å². The Morgan fingerprint density at radius 1 is 0.974 bits per heavy atom. The molecule has 0 amide bonds. The average molecular weight is 543 g/mol. The maximum absolute atomic E-state index is 6.67. The van der Waals surface area contributed by atoms with Crippen molar-refractivity contribution in [3.63, 3.8) is 0 Å². The van der Waals surface area contributed by atoms with E-state index in [2.05, 4.69) is 18.7 Å². The highest BCUT2D eigenvalue weighted by Crippen LogP contribution is 2.36. The second-order valence-electron chi connectivity index (χ2n) is 10.3. The number of rotatable bonds is 15. The zero-order chi connectivity index (χ0) is 27.7. The van der Waals surface area contributed by atoms with Crippen LogP contribution in [0.25, 0.3) is 0 Å². The first-order chi connectivity index (χ1) is 18.9. The summed E-state index contributed by atoms with van der Waals surface area (Å²) in [6.07, 6.45) is 1.16.